The van der Waals surface area contributed by atoms with Crippen molar-refractivity contribution in [1.29, 1.82) is 0 Å². The van der Waals surface area contributed by atoms with Crippen molar-refractivity contribution in [2.45, 2.75) is 52.4 Å². The maximum Gasteiger partial charge on any atom is 0.267 e. The first-order chi connectivity index (χ1) is 13.6. The summed E-state index contributed by atoms with van der Waals surface area (Å²) >= 11 is 0. The number of anilines is 1. The van der Waals surface area contributed by atoms with E-state index in [2.05, 4.69) is 34.3 Å². The number of amides is 2. The smallest absolute Gasteiger partial charge is 0.267 e. The van der Waals surface area contributed by atoms with Gasteiger partial charge in [-0.3, -0.25) is 19.7 Å². The van der Waals surface area contributed by atoms with Crippen molar-refractivity contribution < 1.29 is 9.59 Å². The second-order valence-corrected chi connectivity index (χ2v) is 8.56. The lowest BCUT2D eigenvalue weighted by molar-refractivity contribution is -0.115. The van der Waals surface area contributed by atoms with Crippen LogP contribution in [0.25, 0.3) is 10.9 Å². The normalized spacial score (nSPS) is 11.8. The molecule has 0 atom stereocenters. The van der Waals surface area contributed by atoms with E-state index in [-0.39, 0.29) is 18.0 Å². The number of pyridine rings is 1. The number of aromatic amines is 1. The van der Waals surface area contributed by atoms with Gasteiger partial charge < -0.3 is 11.1 Å². The molecule has 0 unspecified atom stereocenters. The number of nitrogens with zero attached hydrogens (tertiary/aromatic N) is 2. The lowest BCUT2D eigenvalue weighted by atomic mass is 9.84. The molecule has 3 aromatic rings. The summed E-state index contributed by atoms with van der Waals surface area (Å²) in [6.45, 7) is 10.0. The lowest BCUT2D eigenvalue weighted by Gasteiger charge is -2.24. The Balaban J connectivity index is 1.85. The van der Waals surface area contributed by atoms with Crippen LogP contribution in [0.4, 0.5) is 5.69 Å². The predicted octanol–water partition coefficient (Wildman–Crippen LogP) is 3.66. The fourth-order valence-electron chi connectivity index (χ4n) is 3.53. The van der Waals surface area contributed by atoms with E-state index in [1.54, 1.807) is 6.07 Å². The average Bonchev–Trinajstić information content (AvgIpc) is 3.03. The van der Waals surface area contributed by atoms with E-state index >= 15 is 0 Å². The fraction of sp³-hybridized carbons (Fsp3) is 0.364. The van der Waals surface area contributed by atoms with Gasteiger partial charge in [0.1, 0.15) is 5.69 Å². The molecule has 0 aliphatic carbocycles. The first-order valence-electron chi connectivity index (χ1n) is 9.64. The molecule has 0 saturated heterocycles. The summed E-state index contributed by atoms with van der Waals surface area (Å²) < 4.78 is 0. The SMILES string of the molecule is CC(C)c1n[nH]c2cc(CC(=O)Nc3ccnc(C(N)=O)c3C(C)(C)C)ccc12. The van der Waals surface area contributed by atoms with Gasteiger partial charge >= 0.3 is 0 Å². The first-order valence-corrected chi connectivity index (χ1v) is 9.64. The van der Waals surface area contributed by atoms with Gasteiger partial charge in [0.15, 0.2) is 0 Å². The highest BCUT2D eigenvalue weighted by atomic mass is 16.2. The number of nitrogens with two attached hydrogens (primary N) is 1. The van der Waals surface area contributed by atoms with Crippen LogP contribution in [0.5, 0.6) is 0 Å². The first kappa shape index (κ1) is 20.5. The molecule has 2 aromatic heterocycles. The summed E-state index contributed by atoms with van der Waals surface area (Å²) in [4.78, 5) is 28.6. The van der Waals surface area contributed by atoms with Crippen LogP contribution in [0, 0.1) is 0 Å². The summed E-state index contributed by atoms with van der Waals surface area (Å²) in [6.07, 6.45) is 1.68. The third-order valence-corrected chi connectivity index (χ3v) is 4.78. The van der Waals surface area contributed by atoms with Gasteiger partial charge in [-0.1, -0.05) is 46.8 Å². The monoisotopic (exact) mass is 393 g/mol. The van der Waals surface area contributed by atoms with Gasteiger partial charge in [0, 0.05) is 22.8 Å². The van der Waals surface area contributed by atoms with Crippen molar-refractivity contribution in [3.63, 3.8) is 0 Å². The van der Waals surface area contributed by atoms with Gasteiger partial charge in [-0.2, -0.15) is 5.10 Å². The van der Waals surface area contributed by atoms with Gasteiger partial charge in [-0.05, 0) is 29.0 Å². The number of primary amides is 1. The molecule has 1 aromatic carbocycles. The number of hydrogen-bond donors (Lipinski definition) is 3. The van der Waals surface area contributed by atoms with Crippen LogP contribution < -0.4 is 11.1 Å². The summed E-state index contributed by atoms with van der Waals surface area (Å²) in [5.41, 5.74) is 9.23. The number of hydrogen-bond acceptors (Lipinski definition) is 4. The van der Waals surface area contributed by atoms with Crippen molar-refractivity contribution in [2.24, 2.45) is 5.73 Å². The molecule has 7 heteroatoms. The standard InChI is InChI=1S/C22H27N5O2/c1-12(2)19-14-7-6-13(10-16(14)26-27-19)11-17(28)25-15-8-9-24-20(21(23)29)18(15)22(3,4)5/h6-10,12H,11H2,1-5H3,(H2,23,29)(H,26,27)(H,24,25,28). The molecule has 2 heterocycles. The van der Waals surface area contributed by atoms with Crippen LogP contribution in [0.2, 0.25) is 0 Å². The Labute approximate surface area is 170 Å². The van der Waals surface area contributed by atoms with Gasteiger partial charge in [-0.15, -0.1) is 0 Å². The third-order valence-electron chi connectivity index (χ3n) is 4.78. The number of H-pyrrole nitrogens is 1. The minimum atomic E-state index is -0.614. The Morgan fingerprint density at radius 1 is 1.21 bits per heavy atom. The Hall–Kier alpha value is -3.22. The fourth-order valence-corrected chi connectivity index (χ4v) is 3.53. The summed E-state index contributed by atoms with van der Waals surface area (Å²) in [5.74, 6) is -0.475. The van der Waals surface area contributed by atoms with Crippen LogP contribution in [-0.2, 0) is 16.6 Å². The molecule has 3 rings (SSSR count). The third kappa shape index (κ3) is 4.29. The van der Waals surface area contributed by atoms with Crippen LogP contribution in [0.3, 0.4) is 0 Å². The minimum absolute atomic E-state index is 0.176. The molecule has 2 amide bonds. The summed E-state index contributed by atoms with van der Waals surface area (Å²) in [7, 11) is 0. The minimum Gasteiger partial charge on any atom is -0.364 e. The Morgan fingerprint density at radius 3 is 2.55 bits per heavy atom. The molecule has 0 aliphatic rings. The number of carbonyl (C=O) groups excluding carboxylic acids is 2. The quantitative estimate of drug-likeness (QED) is 0.614. The summed E-state index contributed by atoms with van der Waals surface area (Å²) in [6, 6.07) is 7.57. The Bertz CT molecular complexity index is 1080. The largest absolute Gasteiger partial charge is 0.364 e. The highest BCUT2D eigenvalue weighted by Crippen LogP contribution is 2.32. The van der Waals surface area contributed by atoms with Crippen LogP contribution in [-0.4, -0.2) is 27.0 Å². The molecule has 0 radical (unpaired) electrons. The zero-order valence-electron chi connectivity index (χ0n) is 17.5. The molecule has 0 saturated carbocycles. The Morgan fingerprint density at radius 2 is 1.93 bits per heavy atom. The molecule has 0 fully saturated rings. The maximum absolute atomic E-state index is 12.7. The number of carbonyl (C=O) groups is 2. The second kappa shape index (κ2) is 7.66. The van der Waals surface area contributed by atoms with Crippen LogP contribution >= 0.6 is 0 Å². The number of benzene rings is 1. The van der Waals surface area contributed by atoms with E-state index in [0.29, 0.717) is 17.2 Å². The molecular formula is C22H27N5O2. The van der Waals surface area contributed by atoms with E-state index in [4.69, 9.17) is 5.73 Å². The second-order valence-electron chi connectivity index (χ2n) is 8.56. The number of aromatic nitrogens is 3. The van der Waals surface area contributed by atoms with E-state index < -0.39 is 11.3 Å². The molecular weight excluding hydrogens is 366 g/mol. The highest BCUT2D eigenvalue weighted by molar-refractivity contribution is 5.98. The number of nitrogens with one attached hydrogen (secondary N) is 2. The Kier molecular flexibility index (Phi) is 5.42. The van der Waals surface area contributed by atoms with Crippen molar-refractivity contribution in [2.75, 3.05) is 5.32 Å². The zero-order valence-corrected chi connectivity index (χ0v) is 17.5. The maximum atomic E-state index is 12.7. The zero-order chi connectivity index (χ0) is 21.3. The van der Waals surface area contributed by atoms with Gasteiger partial charge in [0.25, 0.3) is 5.91 Å². The lowest BCUT2D eigenvalue weighted by Crippen LogP contribution is -2.26. The van der Waals surface area contributed by atoms with E-state index in [1.165, 1.54) is 6.20 Å². The molecule has 29 heavy (non-hydrogen) atoms. The van der Waals surface area contributed by atoms with Crippen molar-refractivity contribution in [3.05, 3.63) is 53.0 Å². The van der Waals surface area contributed by atoms with E-state index in [9.17, 15) is 9.59 Å². The number of rotatable bonds is 5. The highest BCUT2D eigenvalue weighted by Gasteiger charge is 2.26. The van der Waals surface area contributed by atoms with Gasteiger partial charge in [-0.25, -0.2) is 0 Å². The average molecular weight is 393 g/mol. The van der Waals surface area contributed by atoms with Gasteiger partial charge in [0.05, 0.1) is 17.6 Å². The summed E-state index contributed by atoms with van der Waals surface area (Å²) in [5, 5.41) is 11.4. The molecule has 0 bridgehead atoms. The van der Waals surface area contributed by atoms with Gasteiger partial charge in [0.2, 0.25) is 5.91 Å². The molecule has 152 valence electrons. The van der Waals surface area contributed by atoms with Crippen LogP contribution in [0.1, 0.15) is 67.8 Å². The van der Waals surface area contributed by atoms with Crippen molar-refractivity contribution in [1.82, 2.24) is 15.2 Å². The number of fused-ring (bicyclic) bond motifs is 1. The van der Waals surface area contributed by atoms with E-state index in [1.807, 2.05) is 39.0 Å². The van der Waals surface area contributed by atoms with E-state index in [0.717, 1.165) is 22.2 Å². The predicted molar refractivity (Wildman–Crippen MR) is 114 cm³/mol. The molecule has 0 spiro atoms. The van der Waals surface area contributed by atoms with Crippen molar-refractivity contribution in [3.8, 4) is 0 Å². The van der Waals surface area contributed by atoms with Crippen LogP contribution in [0.15, 0.2) is 30.5 Å². The molecule has 0 aliphatic heterocycles. The molecule has 7 nitrogen and oxygen atoms in total. The topological polar surface area (TPSA) is 114 Å². The molecule has 4 N–H and O–H groups in total. The van der Waals surface area contributed by atoms with Crippen molar-refractivity contribution >= 4 is 28.4 Å².